The molecular weight excluding hydrogens is 214 g/mol. The highest BCUT2D eigenvalue weighted by atomic mass is 16.5. The van der Waals surface area contributed by atoms with Gasteiger partial charge in [0.15, 0.2) is 0 Å². The second kappa shape index (κ2) is 4.87. The zero-order valence-electron chi connectivity index (χ0n) is 9.97. The molecule has 3 nitrogen and oxygen atoms in total. The van der Waals surface area contributed by atoms with E-state index in [4.69, 9.17) is 4.74 Å². The molecule has 0 bridgehead atoms. The van der Waals surface area contributed by atoms with Crippen molar-refractivity contribution in [1.82, 2.24) is 4.98 Å². The van der Waals surface area contributed by atoms with Gasteiger partial charge in [-0.1, -0.05) is 12.1 Å². The fourth-order valence-corrected chi connectivity index (χ4v) is 1.67. The Morgan fingerprint density at radius 3 is 2.47 bits per heavy atom. The minimum atomic E-state index is 0.242. The predicted octanol–water partition coefficient (Wildman–Crippen LogP) is 2.70. The maximum Gasteiger partial charge on any atom is 0.137 e. The van der Waals surface area contributed by atoms with E-state index in [0.717, 1.165) is 17.0 Å². The number of ether oxygens (including phenoxy) is 1. The van der Waals surface area contributed by atoms with Crippen LogP contribution in [0.15, 0.2) is 36.4 Å². The van der Waals surface area contributed by atoms with Gasteiger partial charge in [0.05, 0.1) is 12.8 Å². The molecule has 0 aliphatic carbocycles. The second-order valence-corrected chi connectivity index (χ2v) is 3.94. The van der Waals surface area contributed by atoms with Crippen LogP contribution in [0.1, 0.15) is 17.0 Å². The summed E-state index contributed by atoms with van der Waals surface area (Å²) in [5, 5.41) is 9.71. The number of pyridine rings is 1. The SMILES string of the molecule is COc1ccc(Cc2nc(C)ccc2O)cc1. The monoisotopic (exact) mass is 229 g/mol. The van der Waals surface area contributed by atoms with E-state index in [1.54, 1.807) is 19.2 Å². The number of aromatic hydroxyl groups is 1. The third-order valence-corrected chi connectivity index (χ3v) is 2.62. The topological polar surface area (TPSA) is 42.4 Å². The number of nitrogens with zero attached hydrogens (tertiary/aromatic N) is 1. The third-order valence-electron chi connectivity index (χ3n) is 2.62. The third kappa shape index (κ3) is 2.75. The fraction of sp³-hybridized carbons (Fsp3) is 0.214. The first-order chi connectivity index (χ1) is 8.19. The summed E-state index contributed by atoms with van der Waals surface area (Å²) in [5.41, 5.74) is 2.71. The van der Waals surface area contributed by atoms with E-state index in [1.807, 2.05) is 31.2 Å². The van der Waals surface area contributed by atoms with Crippen molar-refractivity contribution in [1.29, 1.82) is 0 Å². The Kier molecular flexibility index (Phi) is 3.28. The van der Waals surface area contributed by atoms with Gasteiger partial charge < -0.3 is 9.84 Å². The maximum atomic E-state index is 9.71. The zero-order chi connectivity index (χ0) is 12.3. The second-order valence-electron chi connectivity index (χ2n) is 3.94. The van der Waals surface area contributed by atoms with Crippen molar-refractivity contribution >= 4 is 0 Å². The molecule has 3 heteroatoms. The summed E-state index contributed by atoms with van der Waals surface area (Å²) in [4.78, 5) is 4.33. The van der Waals surface area contributed by atoms with E-state index in [2.05, 4.69) is 4.98 Å². The van der Waals surface area contributed by atoms with Gasteiger partial charge in [-0.15, -0.1) is 0 Å². The van der Waals surface area contributed by atoms with Crippen LogP contribution >= 0.6 is 0 Å². The van der Waals surface area contributed by atoms with Crippen molar-refractivity contribution in [2.45, 2.75) is 13.3 Å². The van der Waals surface area contributed by atoms with Gasteiger partial charge in [0.2, 0.25) is 0 Å². The van der Waals surface area contributed by atoms with E-state index in [9.17, 15) is 5.11 Å². The Labute approximate surface area is 101 Å². The summed E-state index contributed by atoms with van der Waals surface area (Å²) in [7, 11) is 1.64. The Bertz CT molecular complexity index is 506. The summed E-state index contributed by atoms with van der Waals surface area (Å²) < 4.78 is 5.10. The van der Waals surface area contributed by atoms with E-state index in [-0.39, 0.29) is 5.75 Å². The van der Waals surface area contributed by atoms with Gasteiger partial charge in [-0.05, 0) is 36.8 Å². The number of aryl methyl sites for hydroxylation is 1. The van der Waals surface area contributed by atoms with Gasteiger partial charge in [-0.2, -0.15) is 0 Å². The van der Waals surface area contributed by atoms with Crippen LogP contribution in [0.2, 0.25) is 0 Å². The minimum Gasteiger partial charge on any atom is -0.506 e. The predicted molar refractivity (Wildman–Crippen MR) is 66.4 cm³/mol. The first kappa shape index (κ1) is 11.5. The standard InChI is InChI=1S/C14H15NO2/c1-10-3-8-14(16)13(15-10)9-11-4-6-12(17-2)7-5-11/h3-8,16H,9H2,1-2H3. The van der Waals surface area contributed by atoms with E-state index in [1.165, 1.54) is 0 Å². The number of hydrogen-bond donors (Lipinski definition) is 1. The molecule has 0 aliphatic rings. The fourth-order valence-electron chi connectivity index (χ4n) is 1.67. The summed E-state index contributed by atoms with van der Waals surface area (Å²) in [5.74, 6) is 1.07. The van der Waals surface area contributed by atoms with E-state index < -0.39 is 0 Å². The highest BCUT2D eigenvalue weighted by molar-refractivity contribution is 5.34. The maximum absolute atomic E-state index is 9.71. The largest absolute Gasteiger partial charge is 0.506 e. The van der Waals surface area contributed by atoms with Crippen LogP contribution in [0.4, 0.5) is 0 Å². The van der Waals surface area contributed by atoms with Crippen molar-refractivity contribution in [3.8, 4) is 11.5 Å². The number of methoxy groups -OCH3 is 1. The molecular formula is C14H15NO2. The van der Waals surface area contributed by atoms with Crippen molar-refractivity contribution in [2.24, 2.45) is 0 Å². The highest BCUT2D eigenvalue weighted by Gasteiger charge is 2.04. The molecule has 2 aromatic rings. The molecule has 2 rings (SSSR count). The van der Waals surface area contributed by atoms with Gasteiger partial charge in [0.1, 0.15) is 11.5 Å². The molecule has 0 radical (unpaired) electrons. The number of aromatic nitrogens is 1. The van der Waals surface area contributed by atoms with Crippen LogP contribution in [0.25, 0.3) is 0 Å². The summed E-state index contributed by atoms with van der Waals surface area (Å²) in [6.07, 6.45) is 0.623. The quantitative estimate of drug-likeness (QED) is 0.879. The van der Waals surface area contributed by atoms with Crippen LogP contribution in [-0.2, 0) is 6.42 Å². The average Bonchev–Trinajstić information content (AvgIpc) is 2.35. The molecule has 0 spiro atoms. The normalized spacial score (nSPS) is 10.2. The van der Waals surface area contributed by atoms with Crippen LogP contribution in [0, 0.1) is 6.92 Å². The molecule has 0 saturated heterocycles. The molecule has 1 aromatic carbocycles. The Morgan fingerprint density at radius 2 is 1.82 bits per heavy atom. The molecule has 88 valence electrons. The van der Waals surface area contributed by atoms with Gasteiger partial charge in [-0.3, -0.25) is 4.98 Å². The molecule has 0 fully saturated rings. The Hall–Kier alpha value is -2.03. The summed E-state index contributed by atoms with van der Waals surface area (Å²) in [6.45, 7) is 1.91. The van der Waals surface area contributed by atoms with Crippen LogP contribution in [0.5, 0.6) is 11.5 Å². The lowest BCUT2D eigenvalue weighted by Gasteiger charge is -2.06. The van der Waals surface area contributed by atoms with E-state index >= 15 is 0 Å². The molecule has 17 heavy (non-hydrogen) atoms. The molecule has 0 unspecified atom stereocenters. The first-order valence-corrected chi connectivity index (χ1v) is 5.47. The Morgan fingerprint density at radius 1 is 1.12 bits per heavy atom. The van der Waals surface area contributed by atoms with Gasteiger partial charge in [-0.25, -0.2) is 0 Å². The molecule has 1 N–H and O–H groups in total. The number of benzene rings is 1. The van der Waals surface area contributed by atoms with E-state index in [0.29, 0.717) is 12.1 Å². The lowest BCUT2D eigenvalue weighted by atomic mass is 10.1. The molecule has 0 aliphatic heterocycles. The highest BCUT2D eigenvalue weighted by Crippen LogP contribution is 2.20. The lowest BCUT2D eigenvalue weighted by molar-refractivity contribution is 0.414. The van der Waals surface area contributed by atoms with Gasteiger partial charge in [0.25, 0.3) is 0 Å². The Balaban J connectivity index is 2.22. The van der Waals surface area contributed by atoms with Crippen LogP contribution in [0.3, 0.4) is 0 Å². The van der Waals surface area contributed by atoms with Crippen molar-refractivity contribution in [3.63, 3.8) is 0 Å². The molecule has 1 aromatic heterocycles. The average molecular weight is 229 g/mol. The van der Waals surface area contributed by atoms with Crippen molar-refractivity contribution < 1.29 is 9.84 Å². The molecule has 0 atom stereocenters. The van der Waals surface area contributed by atoms with Gasteiger partial charge in [0, 0.05) is 12.1 Å². The lowest BCUT2D eigenvalue weighted by Crippen LogP contribution is -1.95. The molecule has 1 heterocycles. The summed E-state index contributed by atoms with van der Waals surface area (Å²) >= 11 is 0. The minimum absolute atomic E-state index is 0.242. The number of rotatable bonds is 3. The molecule has 0 amide bonds. The first-order valence-electron chi connectivity index (χ1n) is 5.47. The van der Waals surface area contributed by atoms with Crippen molar-refractivity contribution in [3.05, 3.63) is 53.3 Å². The van der Waals surface area contributed by atoms with Crippen LogP contribution < -0.4 is 4.74 Å². The summed E-state index contributed by atoms with van der Waals surface area (Å²) in [6, 6.07) is 11.2. The van der Waals surface area contributed by atoms with Crippen molar-refractivity contribution in [2.75, 3.05) is 7.11 Å². The number of hydrogen-bond acceptors (Lipinski definition) is 3. The van der Waals surface area contributed by atoms with Crippen LogP contribution in [-0.4, -0.2) is 17.2 Å². The van der Waals surface area contributed by atoms with Gasteiger partial charge >= 0.3 is 0 Å². The molecule has 0 saturated carbocycles. The zero-order valence-corrected chi connectivity index (χ0v) is 9.97. The smallest absolute Gasteiger partial charge is 0.137 e.